The highest BCUT2D eigenvalue weighted by atomic mass is 18.2. The first-order valence-electron chi connectivity index (χ1n) is 4.43. The number of halogens is 1. The van der Waals surface area contributed by atoms with Crippen LogP contribution < -0.4 is 0 Å². The van der Waals surface area contributed by atoms with Crippen LogP contribution in [0.2, 0.25) is 0 Å². The summed E-state index contributed by atoms with van der Waals surface area (Å²) >= 11 is 0. The summed E-state index contributed by atoms with van der Waals surface area (Å²) in [7, 11) is 0. The summed E-state index contributed by atoms with van der Waals surface area (Å²) < 4.78 is 16.2. The quantitative estimate of drug-likeness (QED) is 0.670. The Morgan fingerprint density at radius 3 is 3.07 bits per heavy atom. The third-order valence-electron chi connectivity index (χ3n) is 1.68. The van der Waals surface area contributed by atoms with E-state index in [0.29, 0.717) is 6.42 Å². The number of aromatic nitrogens is 1. The average molecular weight is 196 g/mol. The van der Waals surface area contributed by atoms with Gasteiger partial charge in [0, 0.05) is 18.8 Å². The molecule has 0 bridgehead atoms. The Morgan fingerprint density at radius 2 is 2.43 bits per heavy atom. The van der Waals surface area contributed by atoms with Crippen LogP contribution in [0.25, 0.3) is 0 Å². The van der Waals surface area contributed by atoms with Gasteiger partial charge in [-0.05, 0) is 18.1 Å². The highest BCUT2D eigenvalue weighted by molar-refractivity contribution is 5.69. The molecule has 0 fully saturated rings. The lowest BCUT2D eigenvalue weighted by atomic mass is 10.2. The number of nitrogens with zero attached hydrogens (tertiary/aromatic N) is 1. The molecule has 0 aromatic carbocycles. The van der Waals surface area contributed by atoms with Gasteiger partial charge in [-0.2, -0.15) is 0 Å². The minimum atomic E-state index is -0.626. The number of carbonyl (C=O) groups excluding carboxylic acids is 1. The summed E-state index contributed by atoms with van der Waals surface area (Å²) in [6.45, 7) is -0.773. The second-order valence-electron chi connectivity index (χ2n) is 2.77. The van der Waals surface area contributed by atoms with Crippen molar-refractivity contribution in [2.45, 2.75) is 12.8 Å². The summed E-state index contributed by atoms with van der Waals surface area (Å²) in [6.07, 6.45) is 4.22. The van der Waals surface area contributed by atoms with Crippen molar-refractivity contribution < 1.29 is 13.9 Å². The second kappa shape index (κ2) is 6.07. The van der Waals surface area contributed by atoms with Crippen molar-refractivity contribution in [2.75, 3.05) is 13.3 Å². The molecule has 0 atom stereocenters. The lowest BCUT2D eigenvalue weighted by molar-refractivity contribution is -0.143. The molecule has 1 aromatic rings. The van der Waals surface area contributed by atoms with Gasteiger partial charge < -0.3 is 4.74 Å². The summed E-state index contributed by atoms with van der Waals surface area (Å²) in [6, 6.07) is 3.69. The van der Waals surface area contributed by atoms with Gasteiger partial charge in [-0.1, -0.05) is 6.07 Å². The molecule has 0 radical (unpaired) electrons. The predicted octanol–water partition coefficient (Wildman–Crippen LogP) is 1.53. The molecule has 1 aromatic heterocycles. The van der Waals surface area contributed by atoms with E-state index in [4.69, 9.17) is 0 Å². The standard InChI is InChI=1S/C10H12FNO2/c11-5-7-14-10(13)4-3-9-2-1-6-12-8-9/h1-2,6,8H,3-5,7H2/i11-1. The Labute approximate surface area is 81.9 Å². The Morgan fingerprint density at radius 1 is 1.57 bits per heavy atom. The van der Waals surface area contributed by atoms with Crippen LogP contribution in [0.1, 0.15) is 12.0 Å². The Kier molecular flexibility index (Phi) is 4.61. The van der Waals surface area contributed by atoms with Crippen molar-refractivity contribution in [2.24, 2.45) is 0 Å². The number of alkyl halides is 1. The molecule has 4 heteroatoms. The Hall–Kier alpha value is -1.45. The summed E-state index contributed by atoms with van der Waals surface area (Å²) in [5, 5.41) is 0. The van der Waals surface area contributed by atoms with Crippen molar-refractivity contribution in [1.29, 1.82) is 0 Å². The molecule has 0 amide bonds. The number of aryl methyl sites for hydroxylation is 1. The van der Waals surface area contributed by atoms with Crippen molar-refractivity contribution in [3.05, 3.63) is 30.1 Å². The maximum absolute atomic E-state index is 11.6. The van der Waals surface area contributed by atoms with Gasteiger partial charge in [-0.15, -0.1) is 0 Å². The highest BCUT2D eigenvalue weighted by Gasteiger charge is 2.02. The predicted molar refractivity (Wildman–Crippen MR) is 49.5 cm³/mol. The van der Waals surface area contributed by atoms with Crippen LogP contribution in [-0.4, -0.2) is 24.2 Å². The first kappa shape index (κ1) is 10.6. The van der Waals surface area contributed by atoms with E-state index in [1.54, 1.807) is 12.4 Å². The van der Waals surface area contributed by atoms with Gasteiger partial charge in [-0.25, -0.2) is 4.39 Å². The van der Waals surface area contributed by atoms with E-state index in [-0.39, 0.29) is 19.0 Å². The molecule has 0 aliphatic rings. The fourth-order valence-electron chi connectivity index (χ4n) is 1.02. The largest absolute Gasteiger partial charge is 0.463 e. The third kappa shape index (κ3) is 3.98. The van der Waals surface area contributed by atoms with E-state index in [1.165, 1.54) is 0 Å². The fraction of sp³-hybridized carbons (Fsp3) is 0.400. The van der Waals surface area contributed by atoms with E-state index >= 15 is 0 Å². The number of hydrogen-bond donors (Lipinski definition) is 0. The summed E-state index contributed by atoms with van der Waals surface area (Å²) in [5.41, 5.74) is 0.977. The highest BCUT2D eigenvalue weighted by Crippen LogP contribution is 2.01. The molecule has 14 heavy (non-hydrogen) atoms. The van der Waals surface area contributed by atoms with E-state index in [2.05, 4.69) is 9.72 Å². The molecule has 1 heterocycles. The van der Waals surface area contributed by atoms with E-state index < -0.39 is 6.67 Å². The molecule has 3 nitrogen and oxygen atoms in total. The van der Waals surface area contributed by atoms with Gasteiger partial charge in [0.2, 0.25) is 0 Å². The number of ether oxygens (including phenoxy) is 1. The van der Waals surface area contributed by atoms with Crippen molar-refractivity contribution >= 4 is 5.97 Å². The van der Waals surface area contributed by atoms with Gasteiger partial charge in [0.15, 0.2) is 0 Å². The molecule has 0 N–H and O–H groups in total. The lowest BCUT2D eigenvalue weighted by Crippen LogP contribution is -2.07. The second-order valence-corrected chi connectivity index (χ2v) is 2.77. The molecule has 0 aliphatic heterocycles. The first-order chi connectivity index (χ1) is 6.83. The molecule has 0 saturated heterocycles. The van der Waals surface area contributed by atoms with Gasteiger partial charge in [0.25, 0.3) is 0 Å². The molecule has 76 valence electrons. The maximum Gasteiger partial charge on any atom is 0.306 e. The van der Waals surface area contributed by atoms with Gasteiger partial charge in [0.05, 0.1) is 0 Å². The van der Waals surface area contributed by atoms with Crippen molar-refractivity contribution in [1.82, 2.24) is 4.98 Å². The van der Waals surface area contributed by atoms with Gasteiger partial charge in [-0.3, -0.25) is 9.78 Å². The third-order valence-corrected chi connectivity index (χ3v) is 1.68. The zero-order valence-corrected chi connectivity index (χ0v) is 7.78. The molecule has 0 spiro atoms. The van der Waals surface area contributed by atoms with Gasteiger partial charge >= 0.3 is 5.97 Å². The van der Waals surface area contributed by atoms with Crippen LogP contribution in [0.4, 0.5) is 4.39 Å². The maximum atomic E-state index is 11.6. The number of carbonyl (C=O) groups is 1. The Bertz CT molecular complexity index is 277. The zero-order chi connectivity index (χ0) is 10.2. The average Bonchev–Trinajstić information content (AvgIpc) is 2.25. The zero-order valence-electron chi connectivity index (χ0n) is 7.78. The van der Waals surface area contributed by atoms with Crippen LogP contribution in [0.5, 0.6) is 0 Å². The summed E-state index contributed by atoms with van der Waals surface area (Å²) in [4.78, 5) is 14.9. The molecule has 0 saturated carbocycles. The number of rotatable bonds is 5. The van der Waals surface area contributed by atoms with Crippen LogP contribution in [0.15, 0.2) is 24.5 Å². The normalized spacial score (nSPS) is 9.79. The van der Waals surface area contributed by atoms with Crippen LogP contribution >= 0.6 is 0 Å². The van der Waals surface area contributed by atoms with Crippen LogP contribution in [0, 0.1) is 0 Å². The lowest BCUT2D eigenvalue weighted by Gasteiger charge is -2.01. The SMILES string of the molecule is O=C(CCc1cccnc1)OCC[18F]. The van der Waals surface area contributed by atoms with Crippen LogP contribution in [0.3, 0.4) is 0 Å². The van der Waals surface area contributed by atoms with E-state index in [0.717, 1.165) is 5.56 Å². The minimum absolute atomic E-state index is 0.147. The van der Waals surface area contributed by atoms with Crippen molar-refractivity contribution in [3.63, 3.8) is 0 Å². The monoisotopic (exact) mass is 196 g/mol. The first-order valence-corrected chi connectivity index (χ1v) is 4.43. The van der Waals surface area contributed by atoms with Crippen LogP contribution in [-0.2, 0) is 16.0 Å². The van der Waals surface area contributed by atoms with E-state index in [9.17, 15) is 9.18 Å². The topological polar surface area (TPSA) is 39.2 Å². The van der Waals surface area contributed by atoms with Crippen molar-refractivity contribution in [3.8, 4) is 0 Å². The molecule has 0 unspecified atom stereocenters. The summed E-state index contributed by atoms with van der Waals surface area (Å²) in [5.74, 6) is -0.369. The fourth-order valence-corrected chi connectivity index (χ4v) is 1.02. The number of hydrogen-bond acceptors (Lipinski definition) is 3. The number of esters is 1. The van der Waals surface area contributed by atoms with Gasteiger partial charge in [0.1, 0.15) is 13.3 Å². The minimum Gasteiger partial charge on any atom is -0.463 e. The molecule has 1 rings (SSSR count). The van der Waals surface area contributed by atoms with E-state index in [1.807, 2.05) is 12.1 Å². The smallest absolute Gasteiger partial charge is 0.306 e. The molecular weight excluding hydrogens is 184 g/mol. The molecule has 0 aliphatic carbocycles. The Balaban J connectivity index is 2.24. The number of pyridine rings is 1. The molecular formula is C10H12FNO2.